The van der Waals surface area contributed by atoms with Crippen LogP contribution in [-0.2, 0) is 14.6 Å². The van der Waals surface area contributed by atoms with Crippen LogP contribution in [0.3, 0.4) is 0 Å². The largest absolute Gasteiger partial charge is 0.397 e. The summed E-state index contributed by atoms with van der Waals surface area (Å²) in [5.41, 5.74) is -0.191. The molecule has 0 aliphatic carbocycles. The third-order valence-electron chi connectivity index (χ3n) is 1.84. The third kappa shape index (κ3) is 3.26. The van der Waals surface area contributed by atoms with Gasteiger partial charge in [-0.15, -0.1) is 0 Å². The Balaban J connectivity index is 3.08. The monoisotopic (exact) mass is 247 g/mol. The first-order chi connectivity index (χ1) is 7.31. The number of para-hydroxylation sites is 1. The van der Waals surface area contributed by atoms with Crippen molar-refractivity contribution in [2.75, 3.05) is 0 Å². The van der Waals surface area contributed by atoms with Crippen LogP contribution in [-0.4, -0.2) is 17.9 Å². The zero-order chi connectivity index (χ0) is 12.3. The van der Waals surface area contributed by atoms with Crippen molar-refractivity contribution < 1.29 is 22.1 Å². The summed E-state index contributed by atoms with van der Waals surface area (Å²) in [5.74, 6) is 0. The minimum absolute atomic E-state index is 0.0742. The molecule has 8 heteroatoms. The minimum atomic E-state index is -4.64. The first kappa shape index (κ1) is 12.6. The van der Waals surface area contributed by atoms with E-state index < -0.39 is 21.4 Å². The Morgan fingerprint density at radius 3 is 2.50 bits per heavy atom. The first-order valence-corrected chi connectivity index (χ1v) is 5.57. The average molecular weight is 247 g/mol. The van der Waals surface area contributed by atoms with Crippen LogP contribution in [0.4, 0.5) is 5.69 Å². The normalized spacial score (nSPS) is 13.4. The molecule has 0 fully saturated rings. The van der Waals surface area contributed by atoms with E-state index in [4.69, 9.17) is 4.55 Å². The second-order valence-corrected chi connectivity index (χ2v) is 4.03. The third-order valence-corrected chi connectivity index (χ3v) is 2.37. The van der Waals surface area contributed by atoms with Crippen molar-refractivity contribution in [3.8, 4) is 0 Å². The maximum Gasteiger partial charge on any atom is 0.397 e. The number of benzene rings is 1. The van der Waals surface area contributed by atoms with Crippen LogP contribution in [0.15, 0.2) is 24.3 Å². The zero-order valence-electron chi connectivity index (χ0n) is 8.23. The fraction of sp³-hybridized carbons (Fsp3) is 0.250. The van der Waals surface area contributed by atoms with Gasteiger partial charge in [0.25, 0.3) is 5.69 Å². The molecule has 16 heavy (non-hydrogen) atoms. The Kier molecular flexibility index (Phi) is 3.58. The fourth-order valence-electron chi connectivity index (χ4n) is 1.23. The van der Waals surface area contributed by atoms with Crippen LogP contribution < -0.4 is 0 Å². The number of rotatable bonds is 4. The number of nitro groups is 1. The Morgan fingerprint density at radius 2 is 2.00 bits per heavy atom. The summed E-state index contributed by atoms with van der Waals surface area (Å²) in [6.07, 6.45) is -1.13. The van der Waals surface area contributed by atoms with Crippen molar-refractivity contribution in [1.82, 2.24) is 0 Å². The smallest absolute Gasteiger partial charge is 0.264 e. The van der Waals surface area contributed by atoms with Crippen molar-refractivity contribution in [1.29, 1.82) is 0 Å². The molecule has 1 atom stereocenters. The van der Waals surface area contributed by atoms with Gasteiger partial charge in [-0.1, -0.05) is 12.1 Å². The Bertz CT molecular complexity index is 497. The predicted octanol–water partition coefficient (Wildman–Crippen LogP) is 1.48. The standard InChI is InChI=1S/C8H9NO6S/c1-6(15-16(12,13)14)7-4-2-3-5-8(7)9(10)11/h2-6H,1H3,(H,12,13,14)/t6-/m1/s1. The van der Waals surface area contributed by atoms with Gasteiger partial charge in [0.05, 0.1) is 10.5 Å². The molecule has 1 rings (SSSR count). The number of hydrogen-bond donors (Lipinski definition) is 1. The molecule has 0 aliphatic heterocycles. The van der Waals surface area contributed by atoms with Crippen molar-refractivity contribution in [3.63, 3.8) is 0 Å². The molecule has 0 aromatic heterocycles. The van der Waals surface area contributed by atoms with Gasteiger partial charge in [-0.3, -0.25) is 14.7 Å². The Morgan fingerprint density at radius 1 is 1.44 bits per heavy atom. The van der Waals surface area contributed by atoms with Gasteiger partial charge in [-0.2, -0.15) is 8.42 Å². The molecule has 1 N–H and O–H groups in total. The van der Waals surface area contributed by atoms with Gasteiger partial charge in [0.15, 0.2) is 0 Å². The van der Waals surface area contributed by atoms with Crippen molar-refractivity contribution >= 4 is 16.1 Å². The van der Waals surface area contributed by atoms with Gasteiger partial charge >= 0.3 is 10.4 Å². The maximum atomic E-state index is 10.6. The molecule has 0 unspecified atom stereocenters. The lowest BCUT2D eigenvalue weighted by Crippen LogP contribution is -2.09. The van der Waals surface area contributed by atoms with E-state index >= 15 is 0 Å². The van der Waals surface area contributed by atoms with Crippen molar-refractivity contribution in [3.05, 3.63) is 39.9 Å². The number of nitro benzene ring substituents is 1. The molecule has 0 aliphatic rings. The van der Waals surface area contributed by atoms with E-state index in [1.807, 2.05) is 0 Å². The molecule has 0 saturated carbocycles. The van der Waals surface area contributed by atoms with Gasteiger partial charge in [-0.25, -0.2) is 4.18 Å². The van der Waals surface area contributed by atoms with Crippen LogP contribution in [0.2, 0.25) is 0 Å². The summed E-state index contributed by atoms with van der Waals surface area (Å²) >= 11 is 0. The lowest BCUT2D eigenvalue weighted by Gasteiger charge is -2.10. The van der Waals surface area contributed by atoms with Gasteiger partial charge in [-0.05, 0) is 13.0 Å². The number of hydrogen-bond acceptors (Lipinski definition) is 5. The molecular formula is C8H9NO6S. The molecule has 0 radical (unpaired) electrons. The van der Waals surface area contributed by atoms with Gasteiger partial charge < -0.3 is 0 Å². The Hall–Kier alpha value is -1.51. The second kappa shape index (κ2) is 4.56. The maximum absolute atomic E-state index is 10.6. The molecule has 0 spiro atoms. The van der Waals surface area contributed by atoms with E-state index in [0.717, 1.165) is 0 Å². The minimum Gasteiger partial charge on any atom is -0.264 e. The van der Waals surface area contributed by atoms with E-state index in [9.17, 15) is 18.5 Å². The predicted molar refractivity (Wildman–Crippen MR) is 54.1 cm³/mol. The zero-order valence-corrected chi connectivity index (χ0v) is 9.05. The summed E-state index contributed by atoms with van der Waals surface area (Å²) in [7, 11) is -4.64. The Labute approximate surface area is 91.8 Å². The van der Waals surface area contributed by atoms with Crippen LogP contribution in [0.5, 0.6) is 0 Å². The molecule has 1 aromatic rings. The van der Waals surface area contributed by atoms with Gasteiger partial charge in [0.1, 0.15) is 6.10 Å². The quantitative estimate of drug-likeness (QED) is 0.490. The molecule has 7 nitrogen and oxygen atoms in total. The first-order valence-electron chi connectivity index (χ1n) is 4.20. The highest BCUT2D eigenvalue weighted by Crippen LogP contribution is 2.27. The highest BCUT2D eigenvalue weighted by Gasteiger charge is 2.22. The summed E-state index contributed by atoms with van der Waals surface area (Å²) in [6, 6.07) is 5.53. The van der Waals surface area contributed by atoms with Crippen molar-refractivity contribution in [2.45, 2.75) is 13.0 Å². The lowest BCUT2D eigenvalue weighted by atomic mass is 10.1. The topological polar surface area (TPSA) is 107 Å². The molecule has 0 heterocycles. The highest BCUT2D eigenvalue weighted by atomic mass is 32.3. The van der Waals surface area contributed by atoms with Crippen LogP contribution in [0.25, 0.3) is 0 Å². The second-order valence-electron chi connectivity index (χ2n) is 2.98. The average Bonchev–Trinajstić information content (AvgIpc) is 2.15. The number of nitrogens with zero attached hydrogens (tertiary/aromatic N) is 1. The summed E-state index contributed by atoms with van der Waals surface area (Å²) in [4.78, 5) is 9.98. The molecule has 0 amide bonds. The molecule has 0 saturated heterocycles. The summed E-state index contributed by atoms with van der Waals surface area (Å²) < 4.78 is 33.6. The van der Waals surface area contributed by atoms with Crippen LogP contribution >= 0.6 is 0 Å². The molecule has 0 bridgehead atoms. The van der Waals surface area contributed by atoms with E-state index in [1.165, 1.54) is 31.2 Å². The molecule has 88 valence electrons. The van der Waals surface area contributed by atoms with Crippen molar-refractivity contribution in [2.24, 2.45) is 0 Å². The van der Waals surface area contributed by atoms with Crippen LogP contribution in [0.1, 0.15) is 18.6 Å². The van der Waals surface area contributed by atoms with Gasteiger partial charge in [0.2, 0.25) is 0 Å². The van der Waals surface area contributed by atoms with E-state index in [2.05, 4.69) is 4.18 Å². The summed E-state index contributed by atoms with van der Waals surface area (Å²) in [5, 5.41) is 10.6. The van der Waals surface area contributed by atoms with Gasteiger partial charge in [0, 0.05) is 6.07 Å². The molecule has 1 aromatic carbocycles. The van der Waals surface area contributed by atoms with E-state index in [-0.39, 0.29) is 11.3 Å². The van der Waals surface area contributed by atoms with E-state index in [1.54, 1.807) is 0 Å². The summed E-state index contributed by atoms with van der Waals surface area (Å²) in [6.45, 7) is 1.29. The molecular weight excluding hydrogens is 238 g/mol. The fourth-order valence-corrected chi connectivity index (χ4v) is 1.70. The van der Waals surface area contributed by atoms with Crippen LogP contribution in [0, 0.1) is 10.1 Å². The van der Waals surface area contributed by atoms with E-state index in [0.29, 0.717) is 0 Å². The SMILES string of the molecule is C[C@@H](OS(=O)(=O)O)c1ccccc1[N+](=O)[O-]. The highest BCUT2D eigenvalue weighted by molar-refractivity contribution is 7.80. The lowest BCUT2D eigenvalue weighted by molar-refractivity contribution is -0.386.